The van der Waals surface area contributed by atoms with E-state index >= 15 is 0 Å². The number of rotatable bonds is 64. The summed E-state index contributed by atoms with van der Waals surface area (Å²) in [6, 6.07) is -1.05. The molecular weight excluding hydrogens is 1110 g/mol. The predicted molar refractivity (Wildman–Crippen MR) is 375 cm³/mol. The fraction of sp³-hybridized carbons (Fsp3) is 0.795. The molecule has 1 aliphatic heterocycles. The molecule has 0 aromatic heterocycles. The van der Waals surface area contributed by atoms with Crippen LogP contribution in [0.1, 0.15) is 335 Å². The Morgan fingerprint density at radius 3 is 1.20 bits per heavy atom. The summed E-state index contributed by atoms with van der Waals surface area (Å²) in [6.45, 7) is 5.70. The van der Waals surface area contributed by atoms with E-state index in [1.165, 1.54) is 199 Å². The molecule has 6 N–H and O–H groups in total. The van der Waals surface area contributed by atoms with Crippen LogP contribution in [0.4, 0.5) is 0 Å². The van der Waals surface area contributed by atoms with E-state index in [9.17, 15) is 35.1 Å². The van der Waals surface area contributed by atoms with Crippen molar-refractivity contribution < 1.29 is 49.3 Å². The van der Waals surface area contributed by atoms with Crippen molar-refractivity contribution in [3.63, 3.8) is 0 Å². The minimum atomic E-state index is -1.62. The van der Waals surface area contributed by atoms with Gasteiger partial charge in [-0.3, -0.25) is 9.59 Å². The van der Waals surface area contributed by atoms with Crippen molar-refractivity contribution in [2.24, 2.45) is 0 Å². The smallest absolute Gasteiger partial charge is 0.306 e. The lowest BCUT2D eigenvalue weighted by Gasteiger charge is -2.41. The number of aliphatic hydroxyl groups is 5. The van der Waals surface area contributed by atoms with Gasteiger partial charge in [-0.15, -0.1) is 0 Å². The number of carbonyl (C=O) groups is 2. The maximum absolute atomic E-state index is 13.5. The van der Waals surface area contributed by atoms with E-state index in [2.05, 4.69) is 99.0 Å². The number of esters is 1. The van der Waals surface area contributed by atoms with E-state index in [4.69, 9.17) is 14.2 Å². The Labute approximate surface area is 546 Å². The second kappa shape index (κ2) is 64.9. The molecule has 0 saturated carbocycles. The van der Waals surface area contributed by atoms with Crippen molar-refractivity contribution in [1.82, 2.24) is 5.32 Å². The summed E-state index contributed by atoms with van der Waals surface area (Å²) in [7, 11) is 0. The van der Waals surface area contributed by atoms with E-state index in [0.717, 1.165) is 83.5 Å². The molecule has 0 aromatic rings. The first-order chi connectivity index (χ1) is 43.7. The summed E-state index contributed by atoms with van der Waals surface area (Å²) in [5.74, 6) is -1.23. The van der Waals surface area contributed by atoms with Gasteiger partial charge in [0.15, 0.2) is 12.4 Å². The lowest BCUT2D eigenvalue weighted by molar-refractivity contribution is -0.305. The van der Waals surface area contributed by atoms with Crippen LogP contribution in [0.2, 0.25) is 0 Å². The molecule has 516 valence electrons. The first-order valence-corrected chi connectivity index (χ1v) is 37.4. The summed E-state index contributed by atoms with van der Waals surface area (Å²) in [5, 5.41) is 57.3. The minimum Gasteiger partial charge on any atom is -0.454 e. The van der Waals surface area contributed by atoms with Crippen molar-refractivity contribution in [3.05, 3.63) is 85.1 Å². The first-order valence-electron chi connectivity index (χ1n) is 37.4. The summed E-state index contributed by atoms with van der Waals surface area (Å²) >= 11 is 0. The fourth-order valence-corrected chi connectivity index (χ4v) is 11.5. The van der Waals surface area contributed by atoms with Crippen molar-refractivity contribution >= 4 is 11.9 Å². The van der Waals surface area contributed by atoms with Crippen LogP contribution in [0, 0.1) is 0 Å². The van der Waals surface area contributed by atoms with E-state index in [1.807, 2.05) is 6.08 Å². The molecule has 1 aliphatic rings. The van der Waals surface area contributed by atoms with Crippen molar-refractivity contribution in [2.75, 3.05) is 13.2 Å². The van der Waals surface area contributed by atoms with Crippen LogP contribution in [0.15, 0.2) is 85.1 Å². The van der Waals surface area contributed by atoms with Crippen LogP contribution >= 0.6 is 0 Å². The third-order valence-corrected chi connectivity index (χ3v) is 17.3. The summed E-state index contributed by atoms with van der Waals surface area (Å²) < 4.78 is 17.7. The zero-order chi connectivity index (χ0) is 64.6. The zero-order valence-corrected chi connectivity index (χ0v) is 57.5. The highest BCUT2D eigenvalue weighted by Crippen LogP contribution is 2.26. The number of unbranched alkanes of at least 4 members (excludes halogenated alkanes) is 38. The molecule has 0 aliphatic carbocycles. The number of carbonyl (C=O) groups excluding carboxylic acids is 2. The largest absolute Gasteiger partial charge is 0.454 e. The number of allylic oxidation sites excluding steroid dienone is 13. The standard InChI is InChI=1S/C78H139NO10/c1-4-7-10-13-16-19-22-25-27-29-31-33-34-35-36-37-38-39-41-43-45-48-51-54-57-60-63-66-73(83)89-76-75(85)74(84)72(67-80)88-78(76)87-68-69(70(81)64-61-58-55-52-49-46-24-21-18-15-12-9-6-3)79-77(86)71(82)65-62-59-56-53-50-47-44-42-40-32-30-28-26-23-20-17-14-11-8-5-2/h8,11,17,20,26,28,32,40,44,47,53,56,61,64,69-72,74-76,78,80-82,84-85H,4-7,9-10,12-16,18-19,21-25,27,29-31,33-39,41-43,45-46,48-52,54-55,57-60,62-63,65-68H2,1-3H3,(H,79,86)/b11-8-,20-17-,28-26-,40-32-,47-44-,56-53-,64-61+. The van der Waals surface area contributed by atoms with Crippen LogP contribution in [-0.2, 0) is 23.8 Å². The van der Waals surface area contributed by atoms with E-state index < -0.39 is 67.4 Å². The Morgan fingerprint density at radius 2 is 0.809 bits per heavy atom. The molecule has 11 nitrogen and oxygen atoms in total. The molecule has 1 rings (SSSR count). The summed E-state index contributed by atoms with van der Waals surface area (Å²) in [6.07, 6.45) is 76.4. The number of aliphatic hydroxyl groups excluding tert-OH is 5. The lowest BCUT2D eigenvalue weighted by Crippen LogP contribution is -2.61. The highest BCUT2D eigenvalue weighted by Gasteiger charge is 2.47. The average Bonchev–Trinajstić information content (AvgIpc) is 3.14. The molecule has 1 amide bonds. The van der Waals surface area contributed by atoms with Crippen molar-refractivity contribution in [1.29, 1.82) is 0 Å². The van der Waals surface area contributed by atoms with Gasteiger partial charge in [-0.05, 0) is 77.0 Å². The lowest BCUT2D eigenvalue weighted by atomic mass is 9.99. The van der Waals surface area contributed by atoms with Gasteiger partial charge in [-0.25, -0.2) is 0 Å². The van der Waals surface area contributed by atoms with Gasteiger partial charge in [0.05, 0.1) is 25.4 Å². The van der Waals surface area contributed by atoms with Gasteiger partial charge < -0.3 is 45.1 Å². The minimum absolute atomic E-state index is 0.119. The number of nitrogens with one attached hydrogen (secondary N) is 1. The van der Waals surface area contributed by atoms with Crippen LogP contribution in [0.5, 0.6) is 0 Å². The molecule has 0 radical (unpaired) electrons. The van der Waals surface area contributed by atoms with Gasteiger partial charge >= 0.3 is 5.97 Å². The third kappa shape index (κ3) is 52.0. The number of hydrogen-bond donors (Lipinski definition) is 6. The molecule has 1 fully saturated rings. The Balaban J connectivity index is 2.57. The quantitative estimate of drug-likeness (QED) is 0.0195. The summed E-state index contributed by atoms with van der Waals surface area (Å²) in [4.78, 5) is 26.7. The zero-order valence-electron chi connectivity index (χ0n) is 57.5. The maximum Gasteiger partial charge on any atom is 0.306 e. The highest BCUT2D eigenvalue weighted by molar-refractivity contribution is 5.80. The molecule has 1 heterocycles. The molecule has 1 saturated heterocycles. The van der Waals surface area contributed by atoms with Gasteiger partial charge in [-0.2, -0.15) is 0 Å². The monoisotopic (exact) mass is 1250 g/mol. The SMILES string of the molecule is CC/C=C\C/C=C\C/C=C\C/C=C\C/C=C\C/C=C\CCCC(O)C(=O)NC(COC1OC(CO)C(O)C(O)C1OC(=O)CCCCCCCCCCCCCCCCCCCCCCCCCCCCC)C(O)/C=C/CCCCCCCCCCCCC. The average molecular weight is 1250 g/mol. The number of hydrogen-bond acceptors (Lipinski definition) is 10. The normalized spacial score (nSPS) is 18.6. The number of ether oxygens (including phenoxy) is 3. The molecule has 8 unspecified atom stereocenters. The molecule has 0 bridgehead atoms. The van der Waals surface area contributed by atoms with E-state index in [-0.39, 0.29) is 19.4 Å². The van der Waals surface area contributed by atoms with Crippen LogP contribution in [0.25, 0.3) is 0 Å². The third-order valence-electron chi connectivity index (χ3n) is 17.3. The molecule has 8 atom stereocenters. The maximum atomic E-state index is 13.5. The van der Waals surface area contributed by atoms with Gasteiger partial charge in [-0.1, -0.05) is 337 Å². The first kappa shape index (κ1) is 83.9. The molecule has 89 heavy (non-hydrogen) atoms. The van der Waals surface area contributed by atoms with E-state index in [1.54, 1.807) is 6.08 Å². The van der Waals surface area contributed by atoms with Gasteiger partial charge in [0.1, 0.15) is 24.4 Å². The fourth-order valence-electron chi connectivity index (χ4n) is 11.5. The molecular formula is C78H139NO10. The highest BCUT2D eigenvalue weighted by atomic mass is 16.7. The van der Waals surface area contributed by atoms with E-state index in [0.29, 0.717) is 19.3 Å². The second-order valence-corrected chi connectivity index (χ2v) is 25.7. The van der Waals surface area contributed by atoms with Crippen molar-refractivity contribution in [2.45, 2.75) is 384 Å². The molecule has 0 spiro atoms. The second-order valence-electron chi connectivity index (χ2n) is 25.7. The van der Waals surface area contributed by atoms with Gasteiger partial charge in [0.2, 0.25) is 5.91 Å². The Morgan fingerprint density at radius 1 is 0.449 bits per heavy atom. The Hall–Kier alpha value is -3.16. The van der Waals surface area contributed by atoms with Crippen molar-refractivity contribution in [3.8, 4) is 0 Å². The van der Waals surface area contributed by atoms with Crippen LogP contribution in [-0.4, -0.2) is 99.6 Å². The van der Waals surface area contributed by atoms with Gasteiger partial charge in [0.25, 0.3) is 0 Å². The number of amides is 1. The molecule has 11 heteroatoms. The van der Waals surface area contributed by atoms with Crippen LogP contribution in [0.3, 0.4) is 0 Å². The Kier molecular flexibility index (Phi) is 61.2. The summed E-state index contributed by atoms with van der Waals surface area (Å²) in [5.41, 5.74) is 0. The Bertz CT molecular complexity index is 1780. The topological polar surface area (TPSA) is 175 Å². The van der Waals surface area contributed by atoms with Gasteiger partial charge in [0, 0.05) is 6.42 Å². The predicted octanol–water partition coefficient (Wildman–Crippen LogP) is 19.6. The van der Waals surface area contributed by atoms with Crippen LogP contribution < -0.4 is 5.32 Å². The molecule has 0 aromatic carbocycles.